The fraction of sp³-hybridized carbons (Fsp3) is 0.400. The highest BCUT2D eigenvalue weighted by molar-refractivity contribution is 5.30. The molecule has 1 aliphatic rings. The highest BCUT2D eigenvalue weighted by Crippen LogP contribution is 2.33. The zero-order chi connectivity index (χ0) is 12.7. The van der Waals surface area contributed by atoms with Crippen molar-refractivity contribution in [2.45, 2.75) is 39.3 Å². The lowest BCUT2D eigenvalue weighted by Crippen LogP contribution is -2.23. The second-order valence-corrected chi connectivity index (χ2v) is 5.27. The van der Waals surface area contributed by atoms with E-state index >= 15 is 0 Å². The summed E-state index contributed by atoms with van der Waals surface area (Å²) in [6.07, 6.45) is 6.11. The van der Waals surface area contributed by atoms with Crippen LogP contribution in [-0.4, -0.2) is 9.13 Å². The predicted molar refractivity (Wildman–Crippen MR) is 72.0 cm³/mol. The molecule has 0 unspecified atom stereocenters. The van der Waals surface area contributed by atoms with Gasteiger partial charge in [0.05, 0.1) is 6.54 Å². The molecule has 0 atom stereocenters. The summed E-state index contributed by atoms with van der Waals surface area (Å²) in [4.78, 5) is 12.1. The molecule has 18 heavy (non-hydrogen) atoms. The maximum atomic E-state index is 12.1. The number of aryl methyl sites for hydroxylation is 2. The molecule has 3 rings (SSSR count). The largest absolute Gasteiger partial charge is 0.328 e. The van der Waals surface area contributed by atoms with Crippen LogP contribution in [0.1, 0.15) is 35.6 Å². The van der Waals surface area contributed by atoms with Gasteiger partial charge in [-0.2, -0.15) is 0 Å². The Kier molecular flexibility index (Phi) is 2.62. The molecule has 0 amide bonds. The van der Waals surface area contributed by atoms with Crippen molar-refractivity contribution in [1.29, 1.82) is 0 Å². The van der Waals surface area contributed by atoms with Crippen LogP contribution >= 0.6 is 0 Å². The van der Waals surface area contributed by atoms with Gasteiger partial charge in [0.1, 0.15) is 0 Å². The minimum atomic E-state index is 0.121. The van der Waals surface area contributed by atoms with Gasteiger partial charge in [0.15, 0.2) is 0 Å². The zero-order valence-corrected chi connectivity index (χ0v) is 10.9. The number of imidazole rings is 1. The van der Waals surface area contributed by atoms with E-state index in [-0.39, 0.29) is 5.69 Å². The SMILES string of the molecule is Cc1ccc(Cn2ccn(C3CC3)c2=O)cc1C. The number of nitrogens with zero attached hydrogens (tertiary/aromatic N) is 2. The van der Waals surface area contributed by atoms with Crippen molar-refractivity contribution >= 4 is 0 Å². The van der Waals surface area contributed by atoms with Crippen molar-refractivity contribution in [1.82, 2.24) is 9.13 Å². The Balaban J connectivity index is 1.87. The Labute approximate surface area is 107 Å². The van der Waals surface area contributed by atoms with E-state index in [1.165, 1.54) is 16.7 Å². The molecule has 1 aromatic carbocycles. The first-order valence-electron chi connectivity index (χ1n) is 6.48. The summed E-state index contributed by atoms with van der Waals surface area (Å²) < 4.78 is 3.66. The maximum Gasteiger partial charge on any atom is 0.328 e. The van der Waals surface area contributed by atoms with Crippen molar-refractivity contribution in [2.24, 2.45) is 0 Å². The van der Waals surface area contributed by atoms with Crippen LogP contribution in [-0.2, 0) is 6.54 Å². The lowest BCUT2D eigenvalue weighted by atomic mass is 10.1. The molecule has 0 spiro atoms. The van der Waals surface area contributed by atoms with Crippen LogP contribution < -0.4 is 5.69 Å². The standard InChI is InChI=1S/C15H18N2O/c1-11-3-4-13(9-12(11)2)10-16-7-8-17(15(16)18)14-5-6-14/h3-4,7-9,14H,5-6,10H2,1-2H3. The van der Waals surface area contributed by atoms with Crippen LogP contribution in [0.4, 0.5) is 0 Å². The van der Waals surface area contributed by atoms with Gasteiger partial charge < -0.3 is 0 Å². The molecule has 0 N–H and O–H groups in total. The van der Waals surface area contributed by atoms with Gasteiger partial charge in [-0.25, -0.2) is 4.79 Å². The third-order valence-electron chi connectivity index (χ3n) is 3.74. The van der Waals surface area contributed by atoms with Crippen molar-refractivity contribution in [2.75, 3.05) is 0 Å². The normalized spacial score (nSPS) is 15.0. The van der Waals surface area contributed by atoms with Crippen molar-refractivity contribution in [3.63, 3.8) is 0 Å². The number of aromatic nitrogens is 2. The average molecular weight is 242 g/mol. The third-order valence-corrected chi connectivity index (χ3v) is 3.74. The van der Waals surface area contributed by atoms with Gasteiger partial charge in [0, 0.05) is 18.4 Å². The van der Waals surface area contributed by atoms with Crippen LogP contribution in [0, 0.1) is 13.8 Å². The zero-order valence-electron chi connectivity index (χ0n) is 10.9. The second kappa shape index (κ2) is 4.16. The molecule has 1 aliphatic carbocycles. The van der Waals surface area contributed by atoms with Gasteiger partial charge >= 0.3 is 5.69 Å². The molecule has 1 fully saturated rings. The summed E-state index contributed by atoms with van der Waals surface area (Å²) in [6, 6.07) is 6.84. The molecule has 0 saturated heterocycles. The summed E-state index contributed by atoms with van der Waals surface area (Å²) in [7, 11) is 0. The molecule has 94 valence electrons. The molecule has 0 radical (unpaired) electrons. The summed E-state index contributed by atoms with van der Waals surface area (Å²) in [6.45, 7) is 4.88. The Bertz CT molecular complexity index is 632. The first kappa shape index (κ1) is 11.3. The highest BCUT2D eigenvalue weighted by Gasteiger charge is 2.25. The van der Waals surface area contributed by atoms with E-state index in [9.17, 15) is 4.79 Å². The Hall–Kier alpha value is -1.77. The monoisotopic (exact) mass is 242 g/mol. The average Bonchev–Trinajstić information content (AvgIpc) is 3.12. The molecule has 1 saturated carbocycles. The molecule has 0 aliphatic heterocycles. The van der Waals surface area contributed by atoms with Crippen molar-refractivity contribution in [3.05, 3.63) is 57.8 Å². The van der Waals surface area contributed by atoms with E-state index in [4.69, 9.17) is 0 Å². The Morgan fingerprint density at radius 1 is 1.17 bits per heavy atom. The summed E-state index contributed by atoms with van der Waals surface area (Å²) in [5.74, 6) is 0. The molecule has 1 aromatic heterocycles. The molecular formula is C15H18N2O. The predicted octanol–water partition coefficient (Wildman–Crippen LogP) is 2.65. The third kappa shape index (κ3) is 2.01. The maximum absolute atomic E-state index is 12.1. The first-order valence-corrected chi connectivity index (χ1v) is 6.48. The fourth-order valence-electron chi connectivity index (χ4n) is 2.28. The van der Waals surface area contributed by atoms with Crippen molar-refractivity contribution in [3.8, 4) is 0 Å². The van der Waals surface area contributed by atoms with Crippen LogP contribution in [0.5, 0.6) is 0 Å². The smallest absolute Gasteiger partial charge is 0.296 e. The van der Waals surface area contributed by atoms with Crippen LogP contribution in [0.2, 0.25) is 0 Å². The van der Waals surface area contributed by atoms with E-state index in [1.807, 2.05) is 17.0 Å². The number of hydrogen-bond donors (Lipinski definition) is 0. The van der Waals surface area contributed by atoms with E-state index in [0.717, 1.165) is 12.8 Å². The van der Waals surface area contributed by atoms with Gasteiger partial charge in [0.2, 0.25) is 0 Å². The minimum absolute atomic E-state index is 0.121. The highest BCUT2D eigenvalue weighted by atomic mass is 16.1. The van der Waals surface area contributed by atoms with E-state index in [1.54, 1.807) is 4.57 Å². The quantitative estimate of drug-likeness (QED) is 0.813. The molecule has 3 nitrogen and oxygen atoms in total. The van der Waals surface area contributed by atoms with E-state index < -0.39 is 0 Å². The van der Waals surface area contributed by atoms with Gasteiger partial charge in [-0.15, -0.1) is 0 Å². The second-order valence-electron chi connectivity index (χ2n) is 5.27. The van der Waals surface area contributed by atoms with Crippen LogP contribution in [0.15, 0.2) is 35.4 Å². The van der Waals surface area contributed by atoms with E-state index in [0.29, 0.717) is 12.6 Å². The lowest BCUT2D eigenvalue weighted by molar-refractivity contribution is 0.656. The number of hydrogen-bond acceptors (Lipinski definition) is 1. The lowest BCUT2D eigenvalue weighted by Gasteiger charge is -2.05. The van der Waals surface area contributed by atoms with Crippen molar-refractivity contribution < 1.29 is 0 Å². The molecule has 1 heterocycles. The van der Waals surface area contributed by atoms with Crippen LogP contribution in [0.3, 0.4) is 0 Å². The Morgan fingerprint density at radius 2 is 1.94 bits per heavy atom. The molecule has 3 heteroatoms. The summed E-state index contributed by atoms with van der Waals surface area (Å²) in [5.41, 5.74) is 3.88. The fourth-order valence-corrected chi connectivity index (χ4v) is 2.28. The van der Waals surface area contributed by atoms with Gasteiger partial charge in [-0.3, -0.25) is 9.13 Å². The van der Waals surface area contributed by atoms with Gasteiger partial charge in [0.25, 0.3) is 0 Å². The molecule has 2 aromatic rings. The van der Waals surface area contributed by atoms with Crippen LogP contribution in [0.25, 0.3) is 0 Å². The summed E-state index contributed by atoms with van der Waals surface area (Å²) in [5, 5.41) is 0. The first-order chi connectivity index (χ1) is 8.65. The van der Waals surface area contributed by atoms with E-state index in [2.05, 4.69) is 32.0 Å². The Morgan fingerprint density at radius 3 is 2.61 bits per heavy atom. The topological polar surface area (TPSA) is 26.9 Å². The van der Waals surface area contributed by atoms with Gasteiger partial charge in [-0.05, 0) is 43.4 Å². The molecule has 0 bridgehead atoms. The summed E-state index contributed by atoms with van der Waals surface area (Å²) >= 11 is 0. The number of rotatable bonds is 3. The molecular weight excluding hydrogens is 224 g/mol. The van der Waals surface area contributed by atoms with Gasteiger partial charge in [-0.1, -0.05) is 18.2 Å². The minimum Gasteiger partial charge on any atom is -0.296 e. The number of benzene rings is 1.